The highest BCUT2D eigenvalue weighted by atomic mass is 15.1. The normalized spacial score (nSPS) is 17.5. The van der Waals surface area contributed by atoms with Crippen molar-refractivity contribution in [2.45, 2.75) is 38.6 Å². The number of likely N-dealkylation sites (tertiary alicyclic amines) is 1. The molecule has 1 aromatic rings. The third-order valence-electron chi connectivity index (χ3n) is 3.89. The quantitative estimate of drug-likeness (QED) is 0.599. The summed E-state index contributed by atoms with van der Waals surface area (Å²) in [6.07, 6.45) is 12.0. The molecule has 104 valence electrons. The molecular weight excluding hydrogens is 236 g/mol. The van der Waals surface area contributed by atoms with Crippen molar-refractivity contribution in [3.8, 4) is 12.3 Å². The summed E-state index contributed by atoms with van der Waals surface area (Å²) in [6, 6.07) is 0.666. The maximum atomic E-state index is 5.34. The van der Waals surface area contributed by atoms with Crippen molar-refractivity contribution in [1.82, 2.24) is 20.4 Å². The van der Waals surface area contributed by atoms with E-state index < -0.39 is 0 Å². The standard InChI is InChI=1S/C15H24N4/c1-3-9-19-10-6-15(7-11-19)16-8-4-5-14-12-17-18-13(14)2/h1,12,15-16H,4-11H2,2H3,(H,17,18). The first-order chi connectivity index (χ1) is 9.29. The Hall–Kier alpha value is -1.31. The van der Waals surface area contributed by atoms with Gasteiger partial charge in [-0.2, -0.15) is 5.10 Å². The second-order valence-corrected chi connectivity index (χ2v) is 5.33. The summed E-state index contributed by atoms with van der Waals surface area (Å²) < 4.78 is 0. The Kier molecular flexibility index (Phi) is 5.44. The lowest BCUT2D eigenvalue weighted by Crippen LogP contribution is -2.42. The van der Waals surface area contributed by atoms with Crippen molar-refractivity contribution in [2.24, 2.45) is 0 Å². The minimum absolute atomic E-state index is 0.666. The molecule has 1 saturated heterocycles. The highest BCUT2D eigenvalue weighted by Gasteiger charge is 2.17. The minimum Gasteiger partial charge on any atom is -0.314 e. The minimum atomic E-state index is 0.666. The number of hydrogen-bond acceptors (Lipinski definition) is 3. The summed E-state index contributed by atoms with van der Waals surface area (Å²) in [5.74, 6) is 2.72. The molecule has 0 aliphatic carbocycles. The largest absolute Gasteiger partial charge is 0.314 e. The Morgan fingerprint density at radius 2 is 2.32 bits per heavy atom. The zero-order chi connectivity index (χ0) is 13.5. The summed E-state index contributed by atoms with van der Waals surface area (Å²) in [7, 11) is 0. The van der Waals surface area contributed by atoms with Gasteiger partial charge in [0.15, 0.2) is 0 Å². The van der Waals surface area contributed by atoms with Crippen LogP contribution in [0.15, 0.2) is 6.20 Å². The molecule has 0 amide bonds. The van der Waals surface area contributed by atoms with E-state index in [2.05, 4.69) is 33.3 Å². The molecule has 19 heavy (non-hydrogen) atoms. The Bertz CT molecular complexity index is 410. The van der Waals surface area contributed by atoms with E-state index in [1.165, 1.54) is 30.5 Å². The highest BCUT2D eigenvalue weighted by Crippen LogP contribution is 2.10. The summed E-state index contributed by atoms with van der Waals surface area (Å²) in [5.41, 5.74) is 2.54. The SMILES string of the molecule is C#CCN1CCC(NCCCc2cn[nH]c2C)CC1. The van der Waals surface area contributed by atoms with E-state index in [4.69, 9.17) is 6.42 Å². The van der Waals surface area contributed by atoms with Crippen LogP contribution < -0.4 is 5.32 Å². The van der Waals surface area contributed by atoms with Gasteiger partial charge in [0.25, 0.3) is 0 Å². The van der Waals surface area contributed by atoms with Gasteiger partial charge in [0, 0.05) is 24.8 Å². The molecule has 0 spiro atoms. The van der Waals surface area contributed by atoms with Crippen LogP contribution >= 0.6 is 0 Å². The molecule has 0 unspecified atom stereocenters. The third kappa shape index (κ3) is 4.38. The van der Waals surface area contributed by atoms with Crippen LogP contribution in [-0.2, 0) is 6.42 Å². The molecule has 0 radical (unpaired) electrons. The van der Waals surface area contributed by atoms with Crippen LogP contribution in [0.2, 0.25) is 0 Å². The lowest BCUT2D eigenvalue weighted by molar-refractivity contribution is 0.218. The molecule has 1 fully saturated rings. The van der Waals surface area contributed by atoms with Crippen LogP contribution in [0.1, 0.15) is 30.5 Å². The smallest absolute Gasteiger partial charge is 0.0598 e. The number of piperidine rings is 1. The van der Waals surface area contributed by atoms with Crippen LogP contribution in [0.25, 0.3) is 0 Å². The zero-order valence-corrected chi connectivity index (χ0v) is 11.8. The topological polar surface area (TPSA) is 44.0 Å². The Balaban J connectivity index is 1.57. The molecule has 2 heterocycles. The first-order valence-corrected chi connectivity index (χ1v) is 7.17. The molecule has 0 saturated carbocycles. The van der Waals surface area contributed by atoms with Gasteiger partial charge in [0.1, 0.15) is 0 Å². The van der Waals surface area contributed by atoms with Crippen LogP contribution in [0, 0.1) is 19.3 Å². The summed E-state index contributed by atoms with van der Waals surface area (Å²) in [6.45, 7) is 6.22. The number of nitrogens with one attached hydrogen (secondary N) is 2. The number of aromatic nitrogens is 2. The second kappa shape index (κ2) is 7.32. The van der Waals surface area contributed by atoms with Crippen LogP contribution in [-0.4, -0.2) is 47.3 Å². The molecule has 0 atom stereocenters. The fourth-order valence-corrected chi connectivity index (χ4v) is 2.64. The third-order valence-corrected chi connectivity index (χ3v) is 3.89. The van der Waals surface area contributed by atoms with Crippen molar-refractivity contribution in [2.75, 3.05) is 26.2 Å². The van der Waals surface area contributed by atoms with Gasteiger partial charge in [-0.3, -0.25) is 10.00 Å². The van der Waals surface area contributed by atoms with Crippen LogP contribution in [0.4, 0.5) is 0 Å². The van der Waals surface area contributed by atoms with Crippen molar-refractivity contribution >= 4 is 0 Å². The number of rotatable bonds is 6. The number of terminal acetylenes is 1. The summed E-state index contributed by atoms with van der Waals surface area (Å²) >= 11 is 0. The van der Waals surface area contributed by atoms with Crippen molar-refractivity contribution in [3.05, 3.63) is 17.5 Å². The van der Waals surface area contributed by atoms with Crippen LogP contribution in [0.5, 0.6) is 0 Å². The zero-order valence-electron chi connectivity index (χ0n) is 11.8. The number of hydrogen-bond donors (Lipinski definition) is 2. The van der Waals surface area contributed by atoms with Gasteiger partial charge in [0.05, 0.1) is 12.7 Å². The lowest BCUT2D eigenvalue weighted by Gasteiger charge is -2.31. The number of aryl methyl sites for hydroxylation is 2. The fraction of sp³-hybridized carbons (Fsp3) is 0.667. The summed E-state index contributed by atoms with van der Waals surface area (Å²) in [4.78, 5) is 2.35. The highest BCUT2D eigenvalue weighted by molar-refractivity contribution is 5.14. The molecule has 0 aromatic carbocycles. The maximum Gasteiger partial charge on any atom is 0.0598 e. The number of H-pyrrole nitrogens is 1. The predicted molar refractivity (Wildman–Crippen MR) is 77.9 cm³/mol. The monoisotopic (exact) mass is 260 g/mol. The average Bonchev–Trinajstić information content (AvgIpc) is 2.83. The number of nitrogens with zero attached hydrogens (tertiary/aromatic N) is 2. The first kappa shape index (κ1) is 14.1. The van der Waals surface area contributed by atoms with Gasteiger partial charge >= 0.3 is 0 Å². The van der Waals surface area contributed by atoms with E-state index in [9.17, 15) is 0 Å². The average molecular weight is 260 g/mol. The van der Waals surface area contributed by atoms with E-state index in [-0.39, 0.29) is 0 Å². The van der Waals surface area contributed by atoms with Gasteiger partial charge in [-0.1, -0.05) is 5.92 Å². The van der Waals surface area contributed by atoms with E-state index in [0.717, 1.165) is 32.6 Å². The van der Waals surface area contributed by atoms with Gasteiger partial charge in [0.2, 0.25) is 0 Å². The first-order valence-electron chi connectivity index (χ1n) is 7.17. The second-order valence-electron chi connectivity index (χ2n) is 5.33. The van der Waals surface area contributed by atoms with Crippen LogP contribution in [0.3, 0.4) is 0 Å². The maximum absolute atomic E-state index is 5.34. The van der Waals surface area contributed by atoms with Gasteiger partial charge < -0.3 is 5.32 Å². The molecule has 1 aromatic heterocycles. The number of aromatic amines is 1. The van der Waals surface area contributed by atoms with Crippen molar-refractivity contribution < 1.29 is 0 Å². The molecule has 4 nitrogen and oxygen atoms in total. The Labute approximate surface area is 116 Å². The molecular formula is C15H24N4. The van der Waals surface area contributed by atoms with E-state index in [0.29, 0.717) is 6.04 Å². The Morgan fingerprint density at radius 1 is 1.53 bits per heavy atom. The molecule has 4 heteroatoms. The molecule has 2 N–H and O–H groups in total. The van der Waals surface area contributed by atoms with E-state index >= 15 is 0 Å². The predicted octanol–water partition coefficient (Wildman–Crippen LogP) is 1.34. The lowest BCUT2D eigenvalue weighted by atomic mass is 10.0. The van der Waals surface area contributed by atoms with Crippen molar-refractivity contribution in [3.63, 3.8) is 0 Å². The molecule has 1 aliphatic rings. The van der Waals surface area contributed by atoms with Gasteiger partial charge in [-0.05, 0) is 44.7 Å². The van der Waals surface area contributed by atoms with E-state index in [1.54, 1.807) is 0 Å². The summed E-state index contributed by atoms with van der Waals surface area (Å²) in [5, 5.41) is 10.7. The fourth-order valence-electron chi connectivity index (χ4n) is 2.64. The van der Waals surface area contributed by atoms with E-state index in [1.807, 2.05) is 6.20 Å². The molecule has 2 rings (SSSR count). The van der Waals surface area contributed by atoms with Gasteiger partial charge in [-0.15, -0.1) is 6.42 Å². The molecule has 1 aliphatic heterocycles. The van der Waals surface area contributed by atoms with Gasteiger partial charge in [-0.25, -0.2) is 0 Å². The molecule has 0 bridgehead atoms. The Morgan fingerprint density at radius 3 is 2.95 bits per heavy atom. The van der Waals surface area contributed by atoms with Crippen molar-refractivity contribution in [1.29, 1.82) is 0 Å².